The van der Waals surface area contributed by atoms with Crippen molar-refractivity contribution in [3.8, 4) is 0 Å². The summed E-state index contributed by atoms with van der Waals surface area (Å²) in [7, 11) is -3.99. The molecule has 0 aromatic carbocycles. The molecule has 4 nitrogen and oxygen atoms in total. The maximum Gasteiger partial charge on any atom is 0.342 e. The van der Waals surface area contributed by atoms with E-state index in [0.717, 1.165) is 6.42 Å². The van der Waals surface area contributed by atoms with Crippen LogP contribution in [0.25, 0.3) is 0 Å². The highest BCUT2D eigenvalue weighted by molar-refractivity contribution is 7.52. The van der Waals surface area contributed by atoms with E-state index < -0.39 is 13.4 Å². The Kier molecular flexibility index (Phi) is 6.14. The third-order valence-corrected chi connectivity index (χ3v) is 2.88. The zero-order chi connectivity index (χ0) is 9.61. The second-order valence-electron chi connectivity index (χ2n) is 2.54. The molecule has 0 amide bonds. The zero-order valence-corrected chi connectivity index (χ0v) is 8.68. The monoisotopic (exact) mass is 215 g/mol. The van der Waals surface area contributed by atoms with Crippen molar-refractivity contribution in [2.24, 2.45) is 0 Å². The van der Waals surface area contributed by atoms with Gasteiger partial charge in [0.25, 0.3) is 0 Å². The van der Waals surface area contributed by atoms with Gasteiger partial charge in [-0.3, -0.25) is 4.57 Å². The van der Waals surface area contributed by atoms with Crippen molar-refractivity contribution >= 4 is 19.2 Å². The molecular weight excluding hydrogens is 200 g/mol. The molecule has 0 fully saturated rings. The molecule has 0 aliphatic heterocycles. The molecule has 0 aromatic heterocycles. The average Bonchev–Trinajstić information content (AvgIpc) is 1.95. The standard InChI is InChI=1S/C6H15ClNO3P/c1-2-3-6(8-5-4-7)12(9,10)11/h6,8H,2-5H2,1H3,(H2,9,10,11). The van der Waals surface area contributed by atoms with Crippen LogP contribution in [0.1, 0.15) is 19.8 Å². The van der Waals surface area contributed by atoms with E-state index in [1.54, 1.807) is 0 Å². The summed E-state index contributed by atoms with van der Waals surface area (Å²) in [5.74, 6) is -0.374. The molecule has 0 spiro atoms. The summed E-state index contributed by atoms with van der Waals surface area (Å²) in [6, 6.07) is 0. The Morgan fingerprint density at radius 2 is 2.17 bits per heavy atom. The van der Waals surface area contributed by atoms with E-state index >= 15 is 0 Å². The van der Waals surface area contributed by atoms with Crippen LogP contribution in [0, 0.1) is 0 Å². The van der Waals surface area contributed by atoms with E-state index in [1.807, 2.05) is 6.92 Å². The first-order valence-electron chi connectivity index (χ1n) is 3.87. The van der Waals surface area contributed by atoms with Crippen LogP contribution < -0.4 is 5.32 Å². The van der Waals surface area contributed by atoms with E-state index in [1.165, 1.54) is 0 Å². The van der Waals surface area contributed by atoms with Crippen LogP contribution in [0.3, 0.4) is 0 Å². The number of rotatable bonds is 6. The minimum Gasteiger partial charge on any atom is -0.323 e. The minimum atomic E-state index is -3.99. The highest BCUT2D eigenvalue weighted by atomic mass is 35.5. The molecule has 0 bridgehead atoms. The molecule has 0 radical (unpaired) electrons. The van der Waals surface area contributed by atoms with Crippen LogP contribution in [-0.2, 0) is 4.57 Å². The van der Waals surface area contributed by atoms with Crippen LogP contribution >= 0.6 is 19.2 Å². The van der Waals surface area contributed by atoms with Crippen LogP contribution in [0.2, 0.25) is 0 Å². The third-order valence-electron chi connectivity index (χ3n) is 1.44. The van der Waals surface area contributed by atoms with E-state index in [9.17, 15) is 4.57 Å². The molecule has 1 unspecified atom stereocenters. The molecule has 1 atom stereocenters. The van der Waals surface area contributed by atoms with Crippen molar-refractivity contribution < 1.29 is 14.4 Å². The van der Waals surface area contributed by atoms with Gasteiger partial charge in [0, 0.05) is 12.4 Å². The van der Waals surface area contributed by atoms with Crippen LogP contribution in [-0.4, -0.2) is 28.0 Å². The van der Waals surface area contributed by atoms with Gasteiger partial charge in [0.05, 0.1) is 0 Å². The Labute approximate surface area is 77.5 Å². The molecule has 6 heteroatoms. The van der Waals surface area contributed by atoms with E-state index in [0.29, 0.717) is 18.8 Å². The van der Waals surface area contributed by atoms with Crippen molar-refractivity contribution in [1.29, 1.82) is 0 Å². The molecule has 0 aromatic rings. The van der Waals surface area contributed by atoms with Crippen molar-refractivity contribution in [1.82, 2.24) is 5.32 Å². The quantitative estimate of drug-likeness (QED) is 0.459. The van der Waals surface area contributed by atoms with Gasteiger partial charge in [0.1, 0.15) is 5.78 Å². The summed E-state index contributed by atoms with van der Waals surface area (Å²) in [4.78, 5) is 17.7. The first kappa shape index (κ1) is 12.4. The van der Waals surface area contributed by atoms with Crippen LogP contribution in [0.5, 0.6) is 0 Å². The first-order valence-corrected chi connectivity index (χ1v) is 6.08. The van der Waals surface area contributed by atoms with Gasteiger partial charge in [0.2, 0.25) is 0 Å². The Hall–Kier alpha value is 0.400. The fourth-order valence-electron chi connectivity index (χ4n) is 0.884. The minimum absolute atomic E-state index is 0.361. The van der Waals surface area contributed by atoms with Crippen molar-refractivity contribution in [2.75, 3.05) is 12.4 Å². The Morgan fingerprint density at radius 3 is 2.50 bits per heavy atom. The van der Waals surface area contributed by atoms with Gasteiger partial charge in [-0.05, 0) is 6.42 Å². The SMILES string of the molecule is CCCC(NCCCl)P(=O)(O)O. The Bertz CT molecular complexity index is 161. The molecule has 74 valence electrons. The molecule has 3 N–H and O–H groups in total. The number of halogens is 1. The van der Waals surface area contributed by atoms with E-state index in [2.05, 4.69) is 5.32 Å². The lowest BCUT2D eigenvalue weighted by molar-refractivity contribution is 0.342. The summed E-state index contributed by atoms with van der Waals surface area (Å²) in [6.07, 6.45) is 1.21. The molecule has 0 saturated heterocycles. The zero-order valence-electron chi connectivity index (χ0n) is 7.03. The number of nitrogens with one attached hydrogen (secondary N) is 1. The lowest BCUT2D eigenvalue weighted by atomic mass is 10.3. The summed E-state index contributed by atoms with van der Waals surface area (Å²) < 4.78 is 10.8. The number of alkyl halides is 1. The van der Waals surface area contributed by atoms with Gasteiger partial charge in [0.15, 0.2) is 0 Å². The van der Waals surface area contributed by atoms with Gasteiger partial charge in [-0.25, -0.2) is 0 Å². The molecule has 12 heavy (non-hydrogen) atoms. The summed E-state index contributed by atoms with van der Waals surface area (Å²) in [5, 5.41) is 2.72. The topological polar surface area (TPSA) is 69.6 Å². The Morgan fingerprint density at radius 1 is 1.58 bits per heavy atom. The molecule has 0 aliphatic carbocycles. The highest BCUT2D eigenvalue weighted by Crippen LogP contribution is 2.41. The van der Waals surface area contributed by atoms with Gasteiger partial charge >= 0.3 is 7.60 Å². The smallest absolute Gasteiger partial charge is 0.323 e. The van der Waals surface area contributed by atoms with Crippen molar-refractivity contribution in [2.45, 2.75) is 25.5 Å². The summed E-state index contributed by atoms with van der Waals surface area (Å²) in [5.41, 5.74) is 0. The van der Waals surface area contributed by atoms with Crippen molar-refractivity contribution in [3.05, 3.63) is 0 Å². The fraction of sp³-hybridized carbons (Fsp3) is 1.00. The van der Waals surface area contributed by atoms with Gasteiger partial charge < -0.3 is 15.1 Å². The highest BCUT2D eigenvalue weighted by Gasteiger charge is 2.26. The van der Waals surface area contributed by atoms with E-state index in [-0.39, 0.29) is 0 Å². The molecular formula is C6H15ClNO3P. The normalized spacial score (nSPS) is 14.7. The predicted octanol–water partition coefficient (Wildman–Crippen LogP) is 1.12. The number of hydrogen-bond donors (Lipinski definition) is 3. The molecule has 0 aliphatic rings. The molecule has 0 saturated carbocycles. The second kappa shape index (κ2) is 5.95. The second-order valence-corrected chi connectivity index (χ2v) is 4.72. The van der Waals surface area contributed by atoms with Crippen LogP contribution in [0.15, 0.2) is 0 Å². The van der Waals surface area contributed by atoms with Crippen LogP contribution in [0.4, 0.5) is 0 Å². The number of hydrogen-bond acceptors (Lipinski definition) is 2. The predicted molar refractivity (Wildman–Crippen MR) is 49.5 cm³/mol. The van der Waals surface area contributed by atoms with Gasteiger partial charge in [-0.2, -0.15) is 0 Å². The fourth-order valence-corrected chi connectivity index (χ4v) is 1.95. The third kappa shape index (κ3) is 5.12. The maximum atomic E-state index is 10.8. The lowest BCUT2D eigenvalue weighted by Crippen LogP contribution is -2.30. The average molecular weight is 216 g/mol. The van der Waals surface area contributed by atoms with E-state index in [4.69, 9.17) is 21.4 Å². The lowest BCUT2D eigenvalue weighted by Gasteiger charge is -2.18. The van der Waals surface area contributed by atoms with Gasteiger partial charge in [-0.1, -0.05) is 13.3 Å². The Balaban J connectivity index is 3.95. The molecule has 0 rings (SSSR count). The van der Waals surface area contributed by atoms with Gasteiger partial charge in [-0.15, -0.1) is 11.6 Å². The summed E-state index contributed by atoms with van der Waals surface area (Å²) in [6.45, 7) is 2.31. The maximum absolute atomic E-state index is 10.8. The first-order chi connectivity index (χ1) is 5.52. The molecule has 0 heterocycles. The summed E-state index contributed by atoms with van der Waals surface area (Å²) >= 11 is 5.38. The largest absolute Gasteiger partial charge is 0.342 e. The van der Waals surface area contributed by atoms with Crippen molar-refractivity contribution in [3.63, 3.8) is 0 Å².